The highest BCUT2D eigenvalue weighted by Gasteiger charge is 2.56. The van der Waals surface area contributed by atoms with E-state index in [1.807, 2.05) is 30.9 Å². The summed E-state index contributed by atoms with van der Waals surface area (Å²) < 4.78 is 0. The first-order chi connectivity index (χ1) is 11.1. The lowest BCUT2D eigenvalue weighted by molar-refractivity contribution is -0.105. The summed E-state index contributed by atoms with van der Waals surface area (Å²) in [6.45, 7) is 8.11. The normalized spacial score (nSPS) is 34.1. The number of nitrogens with zero attached hydrogens (tertiary/aromatic N) is 3. The van der Waals surface area contributed by atoms with E-state index < -0.39 is 0 Å². The number of hydrogen-bond donors (Lipinski definition) is 1. The molecule has 1 aromatic rings. The first kappa shape index (κ1) is 14.7. The van der Waals surface area contributed by atoms with E-state index >= 15 is 0 Å². The van der Waals surface area contributed by atoms with Gasteiger partial charge in [-0.15, -0.1) is 0 Å². The van der Waals surface area contributed by atoms with Crippen molar-refractivity contribution in [1.82, 2.24) is 4.98 Å². The van der Waals surface area contributed by atoms with Crippen LogP contribution in [0.4, 0.5) is 11.5 Å². The molecule has 0 radical (unpaired) electrons. The third kappa shape index (κ3) is 2.35. The maximum atomic E-state index is 4.63. The maximum Gasteiger partial charge on any atom is 0.150 e. The van der Waals surface area contributed by atoms with Crippen LogP contribution in [-0.2, 0) is 0 Å². The van der Waals surface area contributed by atoms with Gasteiger partial charge < -0.3 is 10.2 Å². The van der Waals surface area contributed by atoms with Crippen molar-refractivity contribution in [1.29, 1.82) is 0 Å². The van der Waals surface area contributed by atoms with Gasteiger partial charge in [-0.25, -0.2) is 4.98 Å². The number of aliphatic imine (C=N–C) groups is 1. The maximum absolute atomic E-state index is 4.63. The molecule has 1 aromatic heterocycles. The van der Waals surface area contributed by atoms with Crippen LogP contribution in [0.15, 0.2) is 35.7 Å². The second-order valence-electron chi connectivity index (χ2n) is 7.86. The van der Waals surface area contributed by atoms with Crippen molar-refractivity contribution >= 4 is 17.7 Å². The van der Waals surface area contributed by atoms with Gasteiger partial charge in [-0.3, -0.25) is 4.99 Å². The average molecular weight is 310 g/mol. The molecule has 3 aliphatic carbocycles. The highest BCUT2D eigenvalue weighted by atomic mass is 15.2. The molecule has 2 unspecified atom stereocenters. The summed E-state index contributed by atoms with van der Waals surface area (Å²) in [5.41, 5.74) is 1.66. The van der Waals surface area contributed by atoms with E-state index in [4.69, 9.17) is 0 Å². The number of anilines is 2. The Morgan fingerprint density at radius 2 is 2.17 bits per heavy atom. The second-order valence-corrected chi connectivity index (χ2v) is 7.86. The molecule has 122 valence electrons. The number of hydrogen-bond acceptors (Lipinski definition) is 4. The SMILES string of the molecule is CC1C(Nc2ncccc2N2C=CN=CC2)C[C@H]2C[C@@H]1C2(C)C. The Balaban J connectivity index is 1.54. The first-order valence-electron chi connectivity index (χ1n) is 8.74. The third-order valence-electron chi connectivity index (χ3n) is 6.49. The van der Waals surface area contributed by atoms with Gasteiger partial charge in [0, 0.05) is 30.9 Å². The molecule has 3 saturated carbocycles. The number of rotatable bonds is 3. The van der Waals surface area contributed by atoms with Gasteiger partial charge >= 0.3 is 0 Å². The predicted octanol–water partition coefficient (Wildman–Crippen LogP) is 3.93. The highest BCUT2D eigenvalue weighted by molar-refractivity contribution is 5.75. The average Bonchev–Trinajstić information content (AvgIpc) is 2.57. The molecule has 0 spiro atoms. The van der Waals surface area contributed by atoms with Gasteiger partial charge in [-0.1, -0.05) is 20.8 Å². The summed E-state index contributed by atoms with van der Waals surface area (Å²) in [5.74, 6) is 3.40. The Kier molecular flexibility index (Phi) is 3.43. The van der Waals surface area contributed by atoms with Crippen LogP contribution in [0.3, 0.4) is 0 Å². The lowest BCUT2D eigenvalue weighted by atomic mass is 9.45. The zero-order valence-corrected chi connectivity index (χ0v) is 14.2. The Morgan fingerprint density at radius 1 is 1.30 bits per heavy atom. The zero-order valence-electron chi connectivity index (χ0n) is 14.2. The lowest BCUT2D eigenvalue weighted by Gasteiger charge is -2.62. The minimum Gasteiger partial charge on any atom is -0.365 e. The number of aromatic nitrogens is 1. The topological polar surface area (TPSA) is 40.5 Å². The van der Waals surface area contributed by atoms with E-state index in [1.165, 1.54) is 12.8 Å². The predicted molar refractivity (Wildman–Crippen MR) is 95.8 cm³/mol. The van der Waals surface area contributed by atoms with E-state index in [2.05, 4.69) is 47.0 Å². The Bertz CT molecular complexity index is 649. The molecule has 4 heteroatoms. The summed E-state index contributed by atoms with van der Waals surface area (Å²) in [4.78, 5) is 11.0. The fourth-order valence-electron chi connectivity index (χ4n) is 4.81. The van der Waals surface area contributed by atoms with Crippen LogP contribution in [-0.4, -0.2) is 23.8 Å². The van der Waals surface area contributed by atoms with E-state index in [0.29, 0.717) is 17.4 Å². The fraction of sp³-hybridized carbons (Fsp3) is 0.579. The number of fused-ring (bicyclic) bond motifs is 2. The van der Waals surface area contributed by atoms with Gasteiger partial charge in [0.2, 0.25) is 0 Å². The first-order valence-corrected chi connectivity index (χ1v) is 8.74. The van der Waals surface area contributed by atoms with E-state index in [-0.39, 0.29) is 0 Å². The quantitative estimate of drug-likeness (QED) is 0.919. The van der Waals surface area contributed by atoms with Gasteiger partial charge in [-0.2, -0.15) is 0 Å². The Hall–Kier alpha value is -1.84. The summed E-state index contributed by atoms with van der Waals surface area (Å²) in [5, 5.41) is 3.76. The summed E-state index contributed by atoms with van der Waals surface area (Å²) in [7, 11) is 0. The smallest absolute Gasteiger partial charge is 0.150 e. The van der Waals surface area contributed by atoms with Gasteiger partial charge in [0.15, 0.2) is 0 Å². The molecule has 4 aliphatic rings. The highest BCUT2D eigenvalue weighted by Crippen LogP contribution is 2.61. The molecule has 0 aromatic carbocycles. The van der Waals surface area contributed by atoms with E-state index in [0.717, 1.165) is 29.9 Å². The van der Waals surface area contributed by atoms with Crippen LogP contribution in [0, 0.1) is 23.2 Å². The minimum atomic E-state index is 0.524. The van der Waals surface area contributed by atoms with Gasteiger partial charge in [0.1, 0.15) is 5.82 Å². The molecule has 0 amide bonds. The second kappa shape index (κ2) is 5.36. The monoisotopic (exact) mass is 310 g/mol. The van der Waals surface area contributed by atoms with Crippen LogP contribution in [0.5, 0.6) is 0 Å². The zero-order chi connectivity index (χ0) is 16.0. The van der Waals surface area contributed by atoms with Crippen LogP contribution in [0.25, 0.3) is 0 Å². The minimum absolute atomic E-state index is 0.524. The molecule has 2 heterocycles. The fourth-order valence-corrected chi connectivity index (χ4v) is 4.81. The molecule has 0 saturated heterocycles. The summed E-state index contributed by atoms with van der Waals surface area (Å²) >= 11 is 0. The largest absolute Gasteiger partial charge is 0.365 e. The molecule has 1 N–H and O–H groups in total. The van der Waals surface area contributed by atoms with Crippen molar-refractivity contribution in [3.05, 3.63) is 30.7 Å². The molecule has 4 atom stereocenters. The van der Waals surface area contributed by atoms with Gasteiger partial charge in [0.25, 0.3) is 0 Å². The molecular formula is C19H26N4. The summed E-state index contributed by atoms with van der Waals surface area (Å²) in [6, 6.07) is 4.67. The van der Waals surface area contributed by atoms with Crippen LogP contribution >= 0.6 is 0 Å². The third-order valence-corrected chi connectivity index (χ3v) is 6.49. The van der Waals surface area contributed by atoms with Crippen LogP contribution < -0.4 is 10.2 Å². The van der Waals surface area contributed by atoms with Crippen molar-refractivity contribution in [2.24, 2.45) is 28.2 Å². The van der Waals surface area contributed by atoms with Crippen LogP contribution in [0.1, 0.15) is 33.6 Å². The van der Waals surface area contributed by atoms with Gasteiger partial charge in [0.05, 0.1) is 12.2 Å². The number of pyridine rings is 1. The van der Waals surface area contributed by atoms with E-state index in [1.54, 1.807) is 0 Å². The van der Waals surface area contributed by atoms with Crippen molar-refractivity contribution in [2.75, 3.05) is 16.8 Å². The molecule has 2 bridgehead atoms. The number of nitrogens with one attached hydrogen (secondary N) is 1. The van der Waals surface area contributed by atoms with Crippen molar-refractivity contribution in [3.8, 4) is 0 Å². The standard InChI is InChI=1S/C19H26N4/c1-13-15-11-14(19(15,2)3)12-16(13)22-18-17(5-4-6-21-18)23-9-7-20-8-10-23/h4-9,13-16H,10-12H2,1-3H3,(H,21,22)/t13?,14-,15+,16?/m1/s1. The van der Waals surface area contributed by atoms with Crippen molar-refractivity contribution in [2.45, 2.75) is 39.7 Å². The van der Waals surface area contributed by atoms with Crippen LogP contribution in [0.2, 0.25) is 0 Å². The van der Waals surface area contributed by atoms with Crippen molar-refractivity contribution < 1.29 is 0 Å². The molecule has 1 aliphatic heterocycles. The van der Waals surface area contributed by atoms with Gasteiger partial charge in [-0.05, 0) is 48.1 Å². The van der Waals surface area contributed by atoms with E-state index in [9.17, 15) is 0 Å². The summed E-state index contributed by atoms with van der Waals surface area (Å²) in [6.07, 6.45) is 10.3. The Morgan fingerprint density at radius 3 is 2.87 bits per heavy atom. The Labute approximate surface area is 138 Å². The molecule has 23 heavy (non-hydrogen) atoms. The lowest BCUT2D eigenvalue weighted by Crippen LogP contribution is -2.58. The molecule has 4 nitrogen and oxygen atoms in total. The molecular weight excluding hydrogens is 284 g/mol. The van der Waals surface area contributed by atoms with Crippen molar-refractivity contribution in [3.63, 3.8) is 0 Å². The molecule has 3 fully saturated rings. The molecule has 5 rings (SSSR count).